The Bertz CT molecular complexity index is 292. The van der Waals surface area contributed by atoms with Crippen LogP contribution < -0.4 is 0 Å². The lowest BCUT2D eigenvalue weighted by Crippen LogP contribution is -1.83. The van der Waals surface area contributed by atoms with Gasteiger partial charge < -0.3 is 5.11 Å². The van der Waals surface area contributed by atoms with Gasteiger partial charge in [-0.2, -0.15) is 0 Å². The molecule has 0 aromatic heterocycles. The van der Waals surface area contributed by atoms with Gasteiger partial charge in [0.2, 0.25) is 0 Å². The second-order valence-electron chi connectivity index (χ2n) is 2.58. The minimum atomic E-state index is -0.252. The van der Waals surface area contributed by atoms with Gasteiger partial charge in [0, 0.05) is 0 Å². The molecule has 0 spiro atoms. The van der Waals surface area contributed by atoms with E-state index in [0.29, 0.717) is 0 Å². The van der Waals surface area contributed by atoms with E-state index in [1.165, 1.54) is 12.1 Å². The minimum absolute atomic E-state index is 0.0116. The van der Waals surface area contributed by atoms with E-state index in [1.807, 2.05) is 13.0 Å². The molecule has 12 heavy (non-hydrogen) atoms. The predicted octanol–water partition coefficient (Wildman–Crippen LogP) is 2.22. The van der Waals surface area contributed by atoms with Gasteiger partial charge in [-0.05, 0) is 30.2 Å². The molecule has 1 aromatic rings. The molecule has 64 valence electrons. The fourth-order valence-corrected chi connectivity index (χ4v) is 0.989. The monoisotopic (exact) mass is 166 g/mol. The van der Waals surface area contributed by atoms with Gasteiger partial charge in [-0.25, -0.2) is 4.39 Å². The Morgan fingerprint density at radius 2 is 2.33 bits per heavy atom. The van der Waals surface area contributed by atoms with Crippen LogP contribution in [0.15, 0.2) is 30.3 Å². The molecule has 1 rings (SSSR count). The highest BCUT2D eigenvalue weighted by molar-refractivity contribution is 5.63. The fourth-order valence-electron chi connectivity index (χ4n) is 0.989. The summed E-state index contributed by atoms with van der Waals surface area (Å²) in [5.41, 5.74) is 1.70. The lowest BCUT2D eigenvalue weighted by molar-refractivity contribution is 0.343. The van der Waals surface area contributed by atoms with Crippen LogP contribution in [0.3, 0.4) is 0 Å². The van der Waals surface area contributed by atoms with Crippen LogP contribution >= 0.6 is 0 Å². The number of rotatable bonds is 2. The third-order valence-corrected chi connectivity index (χ3v) is 1.68. The molecule has 0 aliphatic rings. The van der Waals surface area contributed by atoms with Gasteiger partial charge >= 0.3 is 0 Å². The first-order valence-electron chi connectivity index (χ1n) is 3.77. The Balaban J connectivity index is 2.95. The van der Waals surface area contributed by atoms with Crippen molar-refractivity contribution in [2.75, 3.05) is 6.61 Å². The normalized spacial score (nSPS) is 11.8. The summed E-state index contributed by atoms with van der Waals surface area (Å²) in [5, 5.41) is 8.60. The molecule has 1 aromatic carbocycles. The number of benzene rings is 1. The molecule has 2 heteroatoms. The smallest absolute Gasteiger partial charge is 0.123 e. The molecular formula is C10H11FO. The van der Waals surface area contributed by atoms with Crippen LogP contribution in [-0.2, 0) is 0 Å². The van der Waals surface area contributed by atoms with Crippen molar-refractivity contribution >= 4 is 5.57 Å². The maximum Gasteiger partial charge on any atom is 0.123 e. The Morgan fingerprint density at radius 3 is 2.92 bits per heavy atom. The van der Waals surface area contributed by atoms with E-state index >= 15 is 0 Å². The highest BCUT2D eigenvalue weighted by Crippen LogP contribution is 2.13. The molecule has 0 aliphatic heterocycles. The second-order valence-corrected chi connectivity index (χ2v) is 2.58. The molecule has 1 N–H and O–H groups in total. The van der Waals surface area contributed by atoms with Gasteiger partial charge in [-0.15, -0.1) is 0 Å². The second kappa shape index (κ2) is 4.02. The van der Waals surface area contributed by atoms with Gasteiger partial charge in [-0.1, -0.05) is 18.2 Å². The zero-order valence-electron chi connectivity index (χ0n) is 6.92. The first kappa shape index (κ1) is 8.94. The molecule has 0 saturated carbocycles. The first-order valence-corrected chi connectivity index (χ1v) is 3.77. The molecule has 0 saturated heterocycles. The van der Waals surface area contributed by atoms with Crippen LogP contribution in [-0.4, -0.2) is 11.7 Å². The van der Waals surface area contributed by atoms with Crippen LogP contribution in [0.4, 0.5) is 4.39 Å². The van der Waals surface area contributed by atoms with Crippen LogP contribution in [0.1, 0.15) is 12.5 Å². The summed E-state index contributed by atoms with van der Waals surface area (Å²) in [6.45, 7) is 1.83. The van der Waals surface area contributed by atoms with Gasteiger partial charge in [0.25, 0.3) is 0 Å². The maximum absolute atomic E-state index is 12.7. The third kappa shape index (κ3) is 2.17. The summed E-state index contributed by atoms with van der Waals surface area (Å²) in [6, 6.07) is 6.31. The van der Waals surface area contributed by atoms with E-state index in [4.69, 9.17) is 5.11 Å². The van der Waals surface area contributed by atoms with E-state index in [-0.39, 0.29) is 12.4 Å². The molecule has 0 unspecified atom stereocenters. The lowest BCUT2D eigenvalue weighted by atomic mass is 10.1. The third-order valence-electron chi connectivity index (χ3n) is 1.68. The van der Waals surface area contributed by atoms with Gasteiger partial charge in [0.15, 0.2) is 0 Å². The highest BCUT2D eigenvalue weighted by atomic mass is 19.1. The number of hydrogen-bond donors (Lipinski definition) is 1. The molecular weight excluding hydrogens is 155 g/mol. The molecule has 0 fully saturated rings. The highest BCUT2D eigenvalue weighted by Gasteiger charge is 1.95. The van der Waals surface area contributed by atoms with Crippen molar-refractivity contribution in [3.05, 3.63) is 41.7 Å². The van der Waals surface area contributed by atoms with Crippen molar-refractivity contribution in [2.24, 2.45) is 0 Å². The van der Waals surface area contributed by atoms with Crippen molar-refractivity contribution < 1.29 is 9.50 Å². The van der Waals surface area contributed by atoms with Gasteiger partial charge in [-0.3, -0.25) is 0 Å². The van der Waals surface area contributed by atoms with Crippen LogP contribution in [0.5, 0.6) is 0 Å². The van der Waals surface area contributed by atoms with Crippen LogP contribution in [0.2, 0.25) is 0 Å². The summed E-state index contributed by atoms with van der Waals surface area (Å²) in [4.78, 5) is 0. The predicted molar refractivity (Wildman–Crippen MR) is 47.1 cm³/mol. The average molecular weight is 166 g/mol. The van der Waals surface area contributed by atoms with Crippen molar-refractivity contribution in [1.82, 2.24) is 0 Å². The average Bonchev–Trinajstić information content (AvgIpc) is 2.05. The quantitative estimate of drug-likeness (QED) is 0.714. The summed E-state index contributed by atoms with van der Waals surface area (Å²) >= 11 is 0. The van der Waals surface area contributed by atoms with Gasteiger partial charge in [0.1, 0.15) is 5.82 Å². The van der Waals surface area contributed by atoms with Crippen LogP contribution in [0, 0.1) is 5.82 Å². The van der Waals surface area contributed by atoms with E-state index in [1.54, 1.807) is 12.1 Å². The van der Waals surface area contributed by atoms with E-state index in [9.17, 15) is 4.39 Å². The summed E-state index contributed by atoms with van der Waals surface area (Å²) in [6.07, 6.45) is 1.65. The van der Waals surface area contributed by atoms with Crippen molar-refractivity contribution in [1.29, 1.82) is 0 Å². The number of hydrogen-bond acceptors (Lipinski definition) is 1. The molecule has 0 amide bonds. The molecule has 0 aliphatic carbocycles. The molecule has 1 nitrogen and oxygen atoms in total. The maximum atomic E-state index is 12.7. The number of halogens is 1. The van der Waals surface area contributed by atoms with Crippen molar-refractivity contribution in [2.45, 2.75) is 6.92 Å². The topological polar surface area (TPSA) is 20.2 Å². The Labute approximate surface area is 71.2 Å². The molecule has 0 bridgehead atoms. The lowest BCUT2D eigenvalue weighted by Gasteiger charge is -1.99. The number of allylic oxidation sites excluding steroid dienone is 1. The SMILES string of the molecule is C/C(=C/CO)c1cccc(F)c1. The van der Waals surface area contributed by atoms with Gasteiger partial charge in [0.05, 0.1) is 6.61 Å². The zero-order valence-corrected chi connectivity index (χ0v) is 6.92. The van der Waals surface area contributed by atoms with Crippen LogP contribution in [0.25, 0.3) is 5.57 Å². The summed E-state index contributed by atoms with van der Waals surface area (Å²) in [7, 11) is 0. The Morgan fingerprint density at radius 1 is 1.58 bits per heavy atom. The minimum Gasteiger partial charge on any atom is -0.392 e. The number of aliphatic hydroxyl groups excluding tert-OH is 1. The van der Waals surface area contributed by atoms with E-state index < -0.39 is 0 Å². The summed E-state index contributed by atoms with van der Waals surface area (Å²) < 4.78 is 12.7. The Kier molecular flexibility index (Phi) is 3.00. The van der Waals surface area contributed by atoms with E-state index in [2.05, 4.69) is 0 Å². The zero-order chi connectivity index (χ0) is 8.97. The standard InChI is InChI=1S/C10H11FO/c1-8(5-6-12)9-3-2-4-10(11)7-9/h2-5,7,12H,6H2,1H3/b8-5-. The van der Waals surface area contributed by atoms with Crippen molar-refractivity contribution in [3.8, 4) is 0 Å². The number of aliphatic hydroxyl groups is 1. The summed E-state index contributed by atoms with van der Waals surface area (Å²) in [5.74, 6) is -0.252. The van der Waals surface area contributed by atoms with Crippen molar-refractivity contribution in [3.63, 3.8) is 0 Å². The molecule has 0 atom stereocenters. The Hall–Kier alpha value is -1.15. The first-order chi connectivity index (χ1) is 5.74. The molecule has 0 heterocycles. The largest absolute Gasteiger partial charge is 0.392 e. The fraction of sp³-hybridized carbons (Fsp3) is 0.200. The van der Waals surface area contributed by atoms with E-state index in [0.717, 1.165) is 11.1 Å². The molecule has 0 radical (unpaired) electrons.